The zero-order chi connectivity index (χ0) is 29.1. The third-order valence-corrected chi connectivity index (χ3v) is 7.70. The van der Waals surface area contributed by atoms with Gasteiger partial charge in [-0.15, -0.1) is 0 Å². The average molecular weight is 566 g/mol. The number of anilines is 1. The van der Waals surface area contributed by atoms with E-state index < -0.39 is 28.5 Å². The number of aryl methyl sites for hydroxylation is 1. The van der Waals surface area contributed by atoms with E-state index in [0.29, 0.717) is 18.0 Å². The highest BCUT2D eigenvalue weighted by atomic mass is 32.2. The fourth-order valence-corrected chi connectivity index (χ4v) is 5.29. The Morgan fingerprint density at radius 1 is 0.950 bits per heavy atom. The molecule has 214 valence electrons. The second-order valence-corrected chi connectivity index (χ2v) is 11.7. The minimum atomic E-state index is -3.84. The molecule has 0 heterocycles. The monoisotopic (exact) mass is 565 g/mol. The maximum absolute atomic E-state index is 14.1. The minimum Gasteiger partial charge on any atom is -0.497 e. The molecule has 9 heteroatoms. The smallest absolute Gasteiger partial charge is 0.244 e. The van der Waals surface area contributed by atoms with Crippen LogP contribution in [0.4, 0.5) is 5.69 Å². The van der Waals surface area contributed by atoms with E-state index in [2.05, 4.69) is 5.32 Å². The van der Waals surface area contributed by atoms with Crippen LogP contribution in [0.15, 0.2) is 78.9 Å². The molecule has 0 saturated carbocycles. The molecule has 0 saturated heterocycles. The molecular formula is C31H39N3O5S. The molecule has 3 aromatic rings. The van der Waals surface area contributed by atoms with Gasteiger partial charge in [0, 0.05) is 25.6 Å². The molecule has 3 aromatic carbocycles. The number of unbranched alkanes of at least 4 members (excludes halogenated alkanes) is 1. The van der Waals surface area contributed by atoms with Crippen molar-refractivity contribution in [3.05, 3.63) is 95.6 Å². The van der Waals surface area contributed by atoms with Crippen LogP contribution in [0.5, 0.6) is 5.75 Å². The van der Waals surface area contributed by atoms with Gasteiger partial charge in [0.1, 0.15) is 18.3 Å². The summed E-state index contributed by atoms with van der Waals surface area (Å²) in [7, 11) is -2.35. The van der Waals surface area contributed by atoms with Crippen LogP contribution < -0.4 is 14.4 Å². The summed E-state index contributed by atoms with van der Waals surface area (Å²) in [5, 5.41) is 2.99. The van der Waals surface area contributed by atoms with Crippen LogP contribution in [0.3, 0.4) is 0 Å². The van der Waals surface area contributed by atoms with E-state index in [4.69, 9.17) is 4.74 Å². The Hall–Kier alpha value is -3.85. The lowest BCUT2D eigenvalue weighted by Crippen LogP contribution is -2.53. The van der Waals surface area contributed by atoms with Gasteiger partial charge in [0.15, 0.2) is 0 Å². The van der Waals surface area contributed by atoms with Crippen LogP contribution >= 0.6 is 0 Å². The third-order valence-electron chi connectivity index (χ3n) is 6.56. The largest absolute Gasteiger partial charge is 0.497 e. The lowest BCUT2D eigenvalue weighted by atomic mass is 10.0. The van der Waals surface area contributed by atoms with Gasteiger partial charge in [0.2, 0.25) is 21.8 Å². The van der Waals surface area contributed by atoms with E-state index >= 15 is 0 Å². The number of hydrogen-bond donors (Lipinski definition) is 1. The van der Waals surface area contributed by atoms with Crippen molar-refractivity contribution in [2.45, 2.75) is 45.7 Å². The molecule has 1 atom stereocenters. The Morgan fingerprint density at radius 2 is 1.65 bits per heavy atom. The van der Waals surface area contributed by atoms with Crippen LogP contribution in [0, 0.1) is 6.92 Å². The van der Waals surface area contributed by atoms with Crippen LogP contribution in [0.1, 0.15) is 36.5 Å². The Morgan fingerprint density at radius 3 is 2.30 bits per heavy atom. The number of sulfonamides is 1. The standard InChI is InChI=1S/C31H39N3O5S/c1-5-6-18-32-31(36)29(20-25-13-8-7-9-14-25)33(22-26-15-10-12-24(2)19-26)30(35)23-34(40(4,37)38)27-16-11-17-28(21-27)39-3/h7-17,19,21,29H,5-6,18,20,22-23H2,1-4H3,(H,32,36). The van der Waals surface area contributed by atoms with Crippen molar-refractivity contribution >= 4 is 27.5 Å². The van der Waals surface area contributed by atoms with Gasteiger partial charge in [0.05, 0.1) is 19.1 Å². The van der Waals surface area contributed by atoms with Crippen molar-refractivity contribution in [1.29, 1.82) is 0 Å². The Bertz CT molecular complexity index is 1380. The predicted molar refractivity (Wildman–Crippen MR) is 159 cm³/mol. The van der Waals surface area contributed by atoms with E-state index in [1.807, 2.05) is 68.4 Å². The highest BCUT2D eigenvalue weighted by Crippen LogP contribution is 2.24. The van der Waals surface area contributed by atoms with Gasteiger partial charge in [-0.3, -0.25) is 13.9 Å². The number of carbonyl (C=O) groups excluding carboxylic acids is 2. The second-order valence-electron chi connectivity index (χ2n) is 9.83. The lowest BCUT2D eigenvalue weighted by molar-refractivity contribution is -0.140. The topological polar surface area (TPSA) is 96.0 Å². The molecule has 8 nitrogen and oxygen atoms in total. The molecule has 1 unspecified atom stereocenters. The average Bonchev–Trinajstić information content (AvgIpc) is 2.93. The highest BCUT2D eigenvalue weighted by Gasteiger charge is 2.33. The number of hydrogen-bond acceptors (Lipinski definition) is 5. The number of methoxy groups -OCH3 is 1. The highest BCUT2D eigenvalue weighted by molar-refractivity contribution is 7.92. The van der Waals surface area contributed by atoms with Crippen molar-refractivity contribution < 1.29 is 22.7 Å². The van der Waals surface area contributed by atoms with Gasteiger partial charge in [-0.25, -0.2) is 8.42 Å². The van der Waals surface area contributed by atoms with E-state index in [1.165, 1.54) is 12.0 Å². The quantitative estimate of drug-likeness (QED) is 0.294. The molecule has 1 N–H and O–H groups in total. The summed E-state index contributed by atoms with van der Waals surface area (Å²) in [6.07, 6.45) is 3.07. The van der Waals surface area contributed by atoms with Crippen molar-refractivity contribution in [2.24, 2.45) is 0 Å². The van der Waals surface area contributed by atoms with Crippen molar-refractivity contribution in [3.8, 4) is 5.75 Å². The van der Waals surface area contributed by atoms with Gasteiger partial charge in [-0.05, 0) is 36.6 Å². The van der Waals surface area contributed by atoms with Gasteiger partial charge in [-0.1, -0.05) is 79.6 Å². The maximum Gasteiger partial charge on any atom is 0.244 e. The molecule has 40 heavy (non-hydrogen) atoms. The van der Waals surface area contributed by atoms with E-state index in [-0.39, 0.29) is 18.9 Å². The van der Waals surface area contributed by atoms with E-state index in [1.54, 1.807) is 24.3 Å². The number of rotatable bonds is 14. The molecular weight excluding hydrogens is 526 g/mol. The summed E-state index contributed by atoms with van der Waals surface area (Å²) in [5.74, 6) is -0.292. The Balaban J connectivity index is 2.04. The summed E-state index contributed by atoms with van der Waals surface area (Å²) < 4.78 is 32.1. The zero-order valence-electron chi connectivity index (χ0n) is 23.7. The molecule has 0 radical (unpaired) electrons. The van der Waals surface area contributed by atoms with Gasteiger partial charge < -0.3 is 15.0 Å². The SMILES string of the molecule is CCCCNC(=O)C(Cc1ccccc1)N(Cc1cccc(C)c1)C(=O)CN(c1cccc(OC)c1)S(C)(=O)=O. The number of amides is 2. The Kier molecular flexibility index (Phi) is 11.1. The normalized spacial score (nSPS) is 11.9. The maximum atomic E-state index is 14.1. The molecule has 3 rings (SSSR count). The molecule has 0 aliphatic carbocycles. The van der Waals surface area contributed by atoms with E-state index in [9.17, 15) is 18.0 Å². The molecule has 0 fully saturated rings. The van der Waals surface area contributed by atoms with Gasteiger partial charge >= 0.3 is 0 Å². The Labute approximate surface area is 238 Å². The van der Waals surface area contributed by atoms with E-state index in [0.717, 1.165) is 40.1 Å². The summed E-state index contributed by atoms with van der Waals surface area (Å²) in [5.41, 5.74) is 3.07. The number of nitrogens with zero attached hydrogens (tertiary/aromatic N) is 2. The minimum absolute atomic E-state index is 0.148. The van der Waals surface area contributed by atoms with Crippen molar-refractivity contribution in [2.75, 3.05) is 30.8 Å². The first-order chi connectivity index (χ1) is 19.1. The molecule has 2 amide bonds. The van der Waals surface area contributed by atoms with Gasteiger partial charge in [0.25, 0.3) is 0 Å². The van der Waals surface area contributed by atoms with Crippen LogP contribution in [-0.2, 0) is 32.6 Å². The number of benzene rings is 3. The van der Waals surface area contributed by atoms with Crippen molar-refractivity contribution in [3.63, 3.8) is 0 Å². The number of carbonyl (C=O) groups is 2. The first-order valence-corrected chi connectivity index (χ1v) is 15.3. The second kappa shape index (κ2) is 14.5. The first kappa shape index (κ1) is 30.7. The van der Waals surface area contributed by atoms with Crippen molar-refractivity contribution in [1.82, 2.24) is 10.2 Å². The molecule has 0 bridgehead atoms. The third kappa shape index (κ3) is 8.84. The molecule has 0 aliphatic heterocycles. The zero-order valence-corrected chi connectivity index (χ0v) is 24.5. The summed E-state index contributed by atoms with van der Waals surface area (Å²) in [4.78, 5) is 29.2. The summed E-state index contributed by atoms with van der Waals surface area (Å²) >= 11 is 0. The molecule has 0 aromatic heterocycles. The predicted octanol–water partition coefficient (Wildman–Crippen LogP) is 4.33. The fourth-order valence-electron chi connectivity index (χ4n) is 4.45. The fraction of sp³-hybridized carbons (Fsp3) is 0.355. The van der Waals surface area contributed by atoms with Gasteiger partial charge in [-0.2, -0.15) is 0 Å². The number of ether oxygens (including phenoxy) is 1. The molecule has 0 spiro atoms. The van der Waals surface area contributed by atoms with Crippen LogP contribution in [0.25, 0.3) is 0 Å². The van der Waals surface area contributed by atoms with Crippen LogP contribution in [0.2, 0.25) is 0 Å². The van der Waals surface area contributed by atoms with Crippen LogP contribution in [-0.4, -0.2) is 57.6 Å². The summed E-state index contributed by atoms with van der Waals surface area (Å²) in [6, 6.07) is 22.9. The summed E-state index contributed by atoms with van der Waals surface area (Å²) in [6.45, 7) is 4.18. The number of nitrogens with one attached hydrogen (secondary N) is 1. The molecule has 0 aliphatic rings. The first-order valence-electron chi connectivity index (χ1n) is 13.4. The lowest BCUT2D eigenvalue weighted by Gasteiger charge is -2.33.